The van der Waals surface area contributed by atoms with Gasteiger partial charge in [0.2, 0.25) is 0 Å². The van der Waals surface area contributed by atoms with Crippen LogP contribution in [-0.2, 0) is 5.75 Å². The van der Waals surface area contributed by atoms with Gasteiger partial charge in [-0.05, 0) is 29.8 Å². The highest BCUT2D eigenvalue weighted by molar-refractivity contribution is 7.98. The molecule has 0 saturated carbocycles. The Morgan fingerprint density at radius 1 is 1.10 bits per heavy atom. The molecule has 0 radical (unpaired) electrons. The third-order valence-corrected chi connectivity index (χ3v) is 5.68. The fraction of sp³-hybridized carbons (Fsp3) is 0.0476. The molecule has 2 aromatic carbocycles. The van der Waals surface area contributed by atoms with Crippen LogP contribution in [0.5, 0.6) is 0 Å². The van der Waals surface area contributed by atoms with Crippen LogP contribution in [0.15, 0.2) is 72.3 Å². The minimum Gasteiger partial charge on any atom is -0.361 e. The Hall–Kier alpha value is -3.65. The third kappa shape index (κ3) is 3.45. The Morgan fingerprint density at radius 2 is 2.03 bits per heavy atom. The number of hydrogen-bond acceptors (Lipinski definition) is 5. The van der Waals surface area contributed by atoms with Gasteiger partial charge in [0.1, 0.15) is 11.4 Å². The predicted molar refractivity (Wildman–Crippen MR) is 114 cm³/mol. The molecule has 8 heteroatoms. The maximum absolute atomic E-state index is 12.8. The lowest BCUT2D eigenvalue weighted by Gasteiger charge is -2.08. The Kier molecular flexibility index (Phi) is 4.45. The number of nitrogens with zero attached hydrogens (tertiary/aromatic N) is 3. The topological polar surface area (TPSA) is 99.3 Å². The molecule has 7 nitrogen and oxygen atoms in total. The van der Waals surface area contributed by atoms with Crippen LogP contribution in [-0.4, -0.2) is 31.1 Å². The van der Waals surface area contributed by atoms with Gasteiger partial charge in [0, 0.05) is 23.0 Å². The molecule has 0 aliphatic carbocycles. The van der Waals surface area contributed by atoms with Crippen molar-refractivity contribution in [2.75, 3.05) is 5.32 Å². The first-order valence-electron chi connectivity index (χ1n) is 9.01. The van der Waals surface area contributed by atoms with Gasteiger partial charge in [-0.25, -0.2) is 9.97 Å². The summed E-state index contributed by atoms with van der Waals surface area (Å²) < 4.78 is 0. The van der Waals surface area contributed by atoms with Gasteiger partial charge in [0.25, 0.3) is 5.91 Å². The maximum Gasteiger partial charge on any atom is 0.257 e. The summed E-state index contributed by atoms with van der Waals surface area (Å²) in [6, 6.07) is 15.5. The van der Waals surface area contributed by atoms with Crippen LogP contribution in [0, 0.1) is 0 Å². The molecule has 5 rings (SSSR count). The van der Waals surface area contributed by atoms with Crippen molar-refractivity contribution in [3.63, 3.8) is 0 Å². The van der Waals surface area contributed by atoms with Gasteiger partial charge >= 0.3 is 0 Å². The minimum atomic E-state index is -0.140. The lowest BCUT2D eigenvalue weighted by atomic mass is 10.1. The SMILES string of the molecule is O=C(Nc1cccc(CSc2ncnc3[nH]ncc23)c1)c1cccc2cc[nH]c12. The van der Waals surface area contributed by atoms with Crippen LogP contribution >= 0.6 is 11.8 Å². The van der Waals surface area contributed by atoms with Crippen LogP contribution < -0.4 is 5.32 Å². The van der Waals surface area contributed by atoms with E-state index in [1.165, 1.54) is 6.33 Å². The number of rotatable bonds is 5. The van der Waals surface area contributed by atoms with E-state index < -0.39 is 0 Å². The van der Waals surface area contributed by atoms with Gasteiger partial charge < -0.3 is 10.3 Å². The molecule has 29 heavy (non-hydrogen) atoms. The van der Waals surface area contributed by atoms with Gasteiger partial charge in [0.15, 0.2) is 5.65 Å². The van der Waals surface area contributed by atoms with Gasteiger partial charge in [0.05, 0.1) is 22.7 Å². The van der Waals surface area contributed by atoms with Crippen molar-refractivity contribution < 1.29 is 4.79 Å². The highest BCUT2D eigenvalue weighted by Gasteiger charge is 2.12. The van der Waals surface area contributed by atoms with E-state index in [0.717, 1.165) is 38.2 Å². The van der Waals surface area contributed by atoms with Crippen molar-refractivity contribution in [2.24, 2.45) is 0 Å². The standard InChI is InChI=1S/C21H16N6OS/c28-20(16-6-2-4-14-7-8-22-18(14)16)26-15-5-1-3-13(9-15)11-29-21-17-10-25-27-19(17)23-12-24-21/h1-10,12,22H,11H2,(H,26,28)(H,23,24,25,27). The van der Waals surface area contributed by atoms with Crippen LogP contribution in [0.4, 0.5) is 5.69 Å². The highest BCUT2D eigenvalue weighted by Crippen LogP contribution is 2.27. The van der Waals surface area contributed by atoms with E-state index in [1.807, 2.05) is 54.7 Å². The number of H-pyrrole nitrogens is 2. The normalized spacial score (nSPS) is 11.2. The number of para-hydroxylation sites is 1. The number of carbonyl (C=O) groups excluding carboxylic acids is 1. The molecule has 3 heterocycles. The highest BCUT2D eigenvalue weighted by atomic mass is 32.2. The van der Waals surface area contributed by atoms with Crippen molar-refractivity contribution in [1.29, 1.82) is 0 Å². The number of amides is 1. The summed E-state index contributed by atoms with van der Waals surface area (Å²) in [6.07, 6.45) is 5.10. The third-order valence-electron chi connectivity index (χ3n) is 4.60. The number of aromatic nitrogens is 5. The molecular weight excluding hydrogens is 384 g/mol. The second-order valence-corrected chi connectivity index (χ2v) is 7.47. The fourth-order valence-corrected chi connectivity index (χ4v) is 4.13. The summed E-state index contributed by atoms with van der Waals surface area (Å²) in [5.74, 6) is 0.575. The smallest absolute Gasteiger partial charge is 0.257 e. The summed E-state index contributed by atoms with van der Waals surface area (Å²) in [5, 5.41) is 12.7. The van der Waals surface area contributed by atoms with E-state index in [-0.39, 0.29) is 5.91 Å². The van der Waals surface area contributed by atoms with E-state index in [1.54, 1.807) is 18.0 Å². The molecule has 142 valence electrons. The lowest BCUT2D eigenvalue weighted by Crippen LogP contribution is -2.12. The van der Waals surface area contributed by atoms with Crippen LogP contribution in [0.25, 0.3) is 21.9 Å². The number of fused-ring (bicyclic) bond motifs is 2. The van der Waals surface area contributed by atoms with Gasteiger partial charge in [-0.3, -0.25) is 9.89 Å². The summed E-state index contributed by atoms with van der Waals surface area (Å²) in [6.45, 7) is 0. The molecule has 0 spiro atoms. The van der Waals surface area contributed by atoms with Crippen molar-refractivity contribution in [2.45, 2.75) is 10.8 Å². The molecule has 0 atom stereocenters. The second kappa shape index (κ2) is 7.40. The summed E-state index contributed by atoms with van der Waals surface area (Å²) >= 11 is 1.61. The first-order valence-corrected chi connectivity index (χ1v) is 10.00. The molecule has 0 saturated heterocycles. The average molecular weight is 400 g/mol. The number of benzene rings is 2. The molecule has 0 aliphatic rings. The Morgan fingerprint density at radius 3 is 3.00 bits per heavy atom. The van der Waals surface area contributed by atoms with E-state index in [2.05, 4.69) is 30.5 Å². The quantitative estimate of drug-likeness (QED) is 0.300. The molecule has 0 bridgehead atoms. The van der Waals surface area contributed by atoms with Crippen molar-refractivity contribution in [3.05, 3.63) is 78.4 Å². The Bertz CT molecular complexity index is 1330. The summed E-state index contributed by atoms with van der Waals surface area (Å²) in [4.78, 5) is 24.4. The van der Waals surface area contributed by atoms with E-state index in [4.69, 9.17) is 0 Å². The molecule has 0 aliphatic heterocycles. The zero-order valence-corrected chi connectivity index (χ0v) is 16.0. The zero-order chi connectivity index (χ0) is 19.6. The Labute approximate surface area is 170 Å². The number of hydrogen-bond donors (Lipinski definition) is 3. The molecule has 0 unspecified atom stereocenters. The number of carbonyl (C=O) groups is 1. The largest absolute Gasteiger partial charge is 0.361 e. The molecule has 3 aromatic heterocycles. The van der Waals surface area contributed by atoms with E-state index in [9.17, 15) is 4.79 Å². The predicted octanol–water partition coefficient (Wildman–Crippen LogP) is 4.38. The zero-order valence-electron chi connectivity index (χ0n) is 15.2. The van der Waals surface area contributed by atoms with Crippen molar-refractivity contribution in [1.82, 2.24) is 25.1 Å². The number of aromatic amines is 2. The van der Waals surface area contributed by atoms with Gasteiger partial charge in [-0.2, -0.15) is 5.10 Å². The summed E-state index contributed by atoms with van der Waals surface area (Å²) in [7, 11) is 0. The molecule has 1 amide bonds. The maximum atomic E-state index is 12.8. The summed E-state index contributed by atoms with van der Waals surface area (Å²) in [5.41, 5.74) is 4.02. The van der Waals surface area contributed by atoms with E-state index in [0.29, 0.717) is 11.3 Å². The number of anilines is 1. The molecule has 5 aromatic rings. The fourth-order valence-electron chi connectivity index (χ4n) is 3.22. The first kappa shape index (κ1) is 17.4. The molecular formula is C21H16N6OS. The van der Waals surface area contributed by atoms with Crippen LogP contribution in [0.3, 0.4) is 0 Å². The monoisotopic (exact) mass is 400 g/mol. The average Bonchev–Trinajstić information content (AvgIpc) is 3.41. The van der Waals surface area contributed by atoms with Crippen molar-refractivity contribution in [3.8, 4) is 0 Å². The number of nitrogens with one attached hydrogen (secondary N) is 3. The van der Waals surface area contributed by atoms with E-state index >= 15 is 0 Å². The second-order valence-electron chi connectivity index (χ2n) is 6.50. The lowest BCUT2D eigenvalue weighted by molar-refractivity contribution is 0.102. The Balaban J connectivity index is 1.33. The van der Waals surface area contributed by atoms with Gasteiger partial charge in [-0.1, -0.05) is 24.3 Å². The van der Waals surface area contributed by atoms with Crippen LogP contribution in [0.1, 0.15) is 15.9 Å². The molecule has 3 N–H and O–H groups in total. The number of thioether (sulfide) groups is 1. The molecule has 0 fully saturated rings. The van der Waals surface area contributed by atoms with Crippen molar-refractivity contribution >= 4 is 45.3 Å². The minimum absolute atomic E-state index is 0.140. The van der Waals surface area contributed by atoms with Gasteiger partial charge in [-0.15, -0.1) is 11.8 Å². The first-order chi connectivity index (χ1) is 14.3. The van der Waals surface area contributed by atoms with Crippen LogP contribution in [0.2, 0.25) is 0 Å².